The molecular formula is C11H12N2O3S. The van der Waals surface area contributed by atoms with Crippen LogP contribution in [0.1, 0.15) is 28.3 Å². The molecule has 0 spiro atoms. The Bertz CT molecular complexity index is 521. The molecule has 1 unspecified atom stereocenters. The summed E-state index contributed by atoms with van der Waals surface area (Å²) in [5.74, 6) is -1.64. The molecule has 0 aliphatic carbocycles. The van der Waals surface area contributed by atoms with Crippen LogP contribution in [0.15, 0.2) is 6.07 Å². The van der Waals surface area contributed by atoms with E-state index in [0.29, 0.717) is 0 Å². The second-order valence-corrected chi connectivity index (χ2v) is 5.44. The number of thiophene rings is 1. The fraction of sp³-hybridized carbons (Fsp3) is 0.364. The van der Waals surface area contributed by atoms with E-state index in [-0.39, 0.29) is 0 Å². The number of hydrogen-bond donors (Lipinski definition) is 1. The minimum Gasteiger partial charge on any atom is -0.269 e. The van der Waals surface area contributed by atoms with Gasteiger partial charge >= 0.3 is 17.8 Å². The molecule has 0 radical (unpaired) electrons. The van der Waals surface area contributed by atoms with E-state index in [1.165, 1.54) is 0 Å². The van der Waals surface area contributed by atoms with Gasteiger partial charge in [0.15, 0.2) is 0 Å². The van der Waals surface area contributed by atoms with E-state index in [4.69, 9.17) is 0 Å². The van der Waals surface area contributed by atoms with Crippen molar-refractivity contribution in [2.75, 3.05) is 0 Å². The van der Waals surface area contributed by atoms with Gasteiger partial charge in [-0.2, -0.15) is 0 Å². The van der Waals surface area contributed by atoms with Crippen LogP contribution in [-0.4, -0.2) is 22.7 Å². The van der Waals surface area contributed by atoms with Gasteiger partial charge in [-0.3, -0.25) is 14.9 Å². The number of carbonyl (C=O) groups is 3. The highest BCUT2D eigenvalue weighted by Gasteiger charge is 2.40. The highest BCUT2D eigenvalue weighted by molar-refractivity contribution is 7.12. The SMILES string of the molecule is Cc1cc(C(C)N2C(=O)NC(=O)C2=O)c(C)s1. The molecule has 2 rings (SSSR count). The summed E-state index contributed by atoms with van der Waals surface area (Å²) in [5.41, 5.74) is 0.908. The highest BCUT2D eigenvalue weighted by Crippen LogP contribution is 2.30. The van der Waals surface area contributed by atoms with Crippen molar-refractivity contribution in [1.29, 1.82) is 0 Å². The second-order valence-electron chi connectivity index (χ2n) is 3.98. The summed E-state index contributed by atoms with van der Waals surface area (Å²) in [7, 11) is 0. The first-order valence-electron chi connectivity index (χ1n) is 5.17. The number of urea groups is 1. The molecule has 1 aliphatic rings. The first-order chi connectivity index (χ1) is 7.91. The Morgan fingerprint density at radius 1 is 1.29 bits per heavy atom. The summed E-state index contributed by atoms with van der Waals surface area (Å²) in [6.45, 7) is 5.64. The van der Waals surface area contributed by atoms with Gasteiger partial charge in [-0.25, -0.2) is 9.69 Å². The fourth-order valence-corrected chi connectivity index (χ4v) is 2.98. The lowest BCUT2D eigenvalue weighted by atomic mass is 10.1. The first kappa shape index (κ1) is 11.8. The zero-order valence-electron chi connectivity index (χ0n) is 9.73. The Hall–Kier alpha value is -1.69. The Morgan fingerprint density at radius 3 is 2.35 bits per heavy atom. The standard InChI is InChI=1S/C11H12N2O3S/c1-5-4-8(7(3)17-5)6(2)13-10(15)9(14)12-11(13)16/h4,6H,1-3H3,(H,12,14,16). The number of carbonyl (C=O) groups excluding carboxylic acids is 3. The minimum atomic E-state index is -0.855. The molecule has 0 saturated carbocycles. The van der Waals surface area contributed by atoms with Crippen molar-refractivity contribution in [1.82, 2.24) is 10.2 Å². The lowest BCUT2D eigenvalue weighted by Crippen LogP contribution is -2.33. The van der Waals surface area contributed by atoms with Gasteiger partial charge in [-0.05, 0) is 32.4 Å². The third kappa shape index (κ3) is 1.84. The van der Waals surface area contributed by atoms with Gasteiger partial charge in [0, 0.05) is 9.75 Å². The molecule has 2 heterocycles. The second kappa shape index (κ2) is 3.96. The lowest BCUT2D eigenvalue weighted by molar-refractivity contribution is -0.141. The molecule has 1 fully saturated rings. The molecule has 6 heteroatoms. The Balaban J connectivity index is 2.35. The summed E-state index contributed by atoms with van der Waals surface area (Å²) < 4.78 is 0. The van der Waals surface area contributed by atoms with E-state index in [0.717, 1.165) is 20.2 Å². The summed E-state index contributed by atoms with van der Waals surface area (Å²) in [5, 5.41) is 2.00. The molecular weight excluding hydrogens is 240 g/mol. The van der Waals surface area contributed by atoms with Crippen molar-refractivity contribution in [3.8, 4) is 0 Å². The van der Waals surface area contributed by atoms with Crippen LogP contribution < -0.4 is 5.32 Å². The van der Waals surface area contributed by atoms with Crippen LogP contribution in [0.3, 0.4) is 0 Å². The van der Waals surface area contributed by atoms with Gasteiger partial charge < -0.3 is 0 Å². The summed E-state index contributed by atoms with van der Waals surface area (Å²) >= 11 is 1.60. The van der Waals surface area contributed by atoms with Crippen LogP contribution in [0, 0.1) is 13.8 Å². The van der Waals surface area contributed by atoms with Gasteiger partial charge in [0.2, 0.25) is 0 Å². The van der Waals surface area contributed by atoms with Crippen LogP contribution in [-0.2, 0) is 9.59 Å². The molecule has 4 amide bonds. The average Bonchev–Trinajstić information content (AvgIpc) is 2.68. The van der Waals surface area contributed by atoms with Crippen molar-refractivity contribution in [2.45, 2.75) is 26.8 Å². The van der Waals surface area contributed by atoms with Crippen LogP contribution in [0.2, 0.25) is 0 Å². The molecule has 0 aromatic carbocycles. The third-order valence-corrected chi connectivity index (χ3v) is 3.75. The van der Waals surface area contributed by atoms with E-state index in [2.05, 4.69) is 0 Å². The monoisotopic (exact) mass is 252 g/mol. The average molecular weight is 252 g/mol. The van der Waals surface area contributed by atoms with Crippen LogP contribution in [0.25, 0.3) is 0 Å². The van der Waals surface area contributed by atoms with Gasteiger partial charge in [0.1, 0.15) is 0 Å². The maximum Gasteiger partial charge on any atom is 0.332 e. The predicted molar refractivity (Wildman–Crippen MR) is 62.6 cm³/mol. The summed E-state index contributed by atoms with van der Waals surface area (Å²) in [4.78, 5) is 37.3. The number of imide groups is 2. The molecule has 17 heavy (non-hydrogen) atoms. The number of nitrogens with zero attached hydrogens (tertiary/aromatic N) is 1. The van der Waals surface area contributed by atoms with E-state index < -0.39 is 23.9 Å². The van der Waals surface area contributed by atoms with Gasteiger partial charge in [-0.1, -0.05) is 0 Å². The topological polar surface area (TPSA) is 66.5 Å². The maximum atomic E-state index is 11.5. The minimum absolute atomic E-state index is 0.418. The molecule has 1 N–H and O–H groups in total. The molecule has 0 bridgehead atoms. The third-order valence-electron chi connectivity index (χ3n) is 2.77. The molecule has 1 aromatic rings. The van der Waals surface area contributed by atoms with Gasteiger partial charge in [0.25, 0.3) is 0 Å². The number of rotatable bonds is 2. The number of hydrogen-bond acceptors (Lipinski definition) is 4. The van der Waals surface area contributed by atoms with Crippen molar-refractivity contribution >= 4 is 29.2 Å². The zero-order chi connectivity index (χ0) is 12.7. The molecule has 1 saturated heterocycles. The fourth-order valence-electron chi connectivity index (χ4n) is 1.97. The Kier molecular flexibility index (Phi) is 2.74. The van der Waals surface area contributed by atoms with Crippen molar-refractivity contribution in [2.24, 2.45) is 0 Å². The Labute approximate surface area is 102 Å². The van der Waals surface area contributed by atoms with Crippen molar-refractivity contribution in [3.05, 3.63) is 21.4 Å². The lowest BCUT2D eigenvalue weighted by Gasteiger charge is -2.20. The normalized spacial score (nSPS) is 17.6. The van der Waals surface area contributed by atoms with E-state index in [1.54, 1.807) is 18.3 Å². The smallest absolute Gasteiger partial charge is 0.269 e. The number of aryl methyl sites for hydroxylation is 2. The predicted octanol–water partition coefficient (Wildman–Crippen LogP) is 1.50. The molecule has 90 valence electrons. The number of nitrogens with one attached hydrogen (secondary N) is 1. The van der Waals surface area contributed by atoms with Crippen LogP contribution in [0.5, 0.6) is 0 Å². The Morgan fingerprint density at radius 2 is 1.94 bits per heavy atom. The highest BCUT2D eigenvalue weighted by atomic mass is 32.1. The molecule has 1 aromatic heterocycles. The molecule has 5 nitrogen and oxygen atoms in total. The van der Waals surface area contributed by atoms with Gasteiger partial charge in [0.05, 0.1) is 6.04 Å². The summed E-state index contributed by atoms with van der Waals surface area (Å²) in [6, 6.07) is 0.878. The maximum absolute atomic E-state index is 11.5. The zero-order valence-corrected chi connectivity index (χ0v) is 10.6. The first-order valence-corrected chi connectivity index (χ1v) is 5.99. The largest absolute Gasteiger partial charge is 0.332 e. The van der Waals surface area contributed by atoms with Crippen LogP contribution >= 0.6 is 11.3 Å². The van der Waals surface area contributed by atoms with Crippen molar-refractivity contribution < 1.29 is 14.4 Å². The van der Waals surface area contributed by atoms with Crippen molar-refractivity contribution in [3.63, 3.8) is 0 Å². The van der Waals surface area contributed by atoms with E-state index in [9.17, 15) is 14.4 Å². The molecule has 1 atom stereocenters. The van der Waals surface area contributed by atoms with E-state index >= 15 is 0 Å². The number of amides is 4. The van der Waals surface area contributed by atoms with E-state index in [1.807, 2.05) is 25.2 Å². The van der Waals surface area contributed by atoms with Crippen LogP contribution in [0.4, 0.5) is 4.79 Å². The molecule has 1 aliphatic heterocycles. The summed E-state index contributed by atoms with van der Waals surface area (Å²) in [6.07, 6.45) is 0. The quantitative estimate of drug-likeness (QED) is 0.640. The van der Waals surface area contributed by atoms with Gasteiger partial charge in [-0.15, -0.1) is 11.3 Å².